The molecule has 1 nitrogen and oxygen atoms in total. The molecular weight excluding hydrogens is 130 g/mol. The van der Waals surface area contributed by atoms with Crippen molar-refractivity contribution in [2.24, 2.45) is 5.73 Å². The molecule has 3 heteroatoms. The van der Waals surface area contributed by atoms with E-state index in [2.05, 4.69) is 6.92 Å². The first-order valence-electron chi connectivity index (χ1n) is 2.14. The molecule has 0 aliphatic heterocycles. The molecule has 0 amide bonds. The number of rotatable bonds is 2. The highest BCUT2D eigenvalue weighted by Gasteiger charge is 1.85. The Morgan fingerprint density at radius 2 is 2.14 bits per heavy atom. The Kier molecular flexibility index (Phi) is 9.95. The van der Waals surface area contributed by atoms with E-state index in [9.17, 15) is 0 Å². The van der Waals surface area contributed by atoms with Crippen LogP contribution >= 0.6 is 24.2 Å². The molecule has 0 bridgehead atoms. The maximum Gasteiger partial charge on any atom is 0.0478 e. The Balaban J connectivity index is 0. The maximum atomic E-state index is 5.37. The third-order valence-corrected chi connectivity index (χ3v) is 1.29. The third kappa shape index (κ3) is 10.8. The van der Waals surface area contributed by atoms with Gasteiger partial charge < -0.3 is 5.73 Å². The molecule has 0 radical (unpaired) electrons. The predicted octanol–water partition coefficient (Wildman–Crippen LogP) is 1.47. The molecule has 0 fully saturated rings. The van der Waals surface area contributed by atoms with Gasteiger partial charge in [-0.2, -0.15) is 0 Å². The number of nitrogens with two attached hydrogens (primary N) is 1. The summed E-state index contributed by atoms with van der Waals surface area (Å²) in [6.45, 7) is 4.10. The van der Waals surface area contributed by atoms with E-state index in [4.69, 9.17) is 5.73 Å². The van der Waals surface area contributed by atoms with Crippen LogP contribution < -0.4 is 5.73 Å². The second kappa shape index (κ2) is 6.60. The van der Waals surface area contributed by atoms with E-state index in [1.807, 2.05) is 6.92 Å². The van der Waals surface area contributed by atoms with Gasteiger partial charge in [0.1, 0.15) is 0 Å². The van der Waals surface area contributed by atoms with Gasteiger partial charge in [-0.15, -0.1) is 24.2 Å². The lowest BCUT2D eigenvalue weighted by atomic mass is 10.8. The molecule has 0 saturated carbocycles. The Morgan fingerprint density at radius 1 is 1.71 bits per heavy atom. The molecule has 0 aromatic heterocycles. The van der Waals surface area contributed by atoms with Crippen LogP contribution in [-0.2, 0) is 0 Å². The highest BCUT2D eigenvalue weighted by atomic mass is 35.5. The van der Waals surface area contributed by atoms with Crippen molar-refractivity contribution in [1.82, 2.24) is 0 Å². The van der Waals surface area contributed by atoms with Crippen molar-refractivity contribution < 1.29 is 0 Å². The number of halogens is 1. The van der Waals surface area contributed by atoms with Gasteiger partial charge >= 0.3 is 0 Å². The molecule has 1 atom stereocenters. The first-order chi connectivity index (χ1) is 2.77. The Labute approximate surface area is 55.5 Å². The zero-order valence-corrected chi connectivity index (χ0v) is 6.31. The van der Waals surface area contributed by atoms with Gasteiger partial charge in [0, 0.05) is 5.37 Å². The van der Waals surface area contributed by atoms with Crippen LogP contribution in [0.25, 0.3) is 0 Å². The summed E-state index contributed by atoms with van der Waals surface area (Å²) in [4.78, 5) is 0. The first-order valence-corrected chi connectivity index (χ1v) is 3.19. The minimum absolute atomic E-state index is 0. The summed E-state index contributed by atoms with van der Waals surface area (Å²) in [6.07, 6.45) is 0. The molecule has 0 aromatic rings. The molecule has 0 saturated heterocycles. The van der Waals surface area contributed by atoms with Crippen LogP contribution in [0.5, 0.6) is 0 Å². The van der Waals surface area contributed by atoms with Gasteiger partial charge in [-0.1, -0.05) is 6.92 Å². The van der Waals surface area contributed by atoms with Crippen molar-refractivity contribution in [3.8, 4) is 0 Å². The monoisotopic (exact) mass is 141 g/mol. The first kappa shape index (κ1) is 10.6. The van der Waals surface area contributed by atoms with Crippen LogP contribution in [0.2, 0.25) is 0 Å². The molecule has 7 heavy (non-hydrogen) atoms. The van der Waals surface area contributed by atoms with E-state index in [0.717, 1.165) is 5.75 Å². The average Bonchev–Trinajstić information content (AvgIpc) is 1.35. The Morgan fingerprint density at radius 3 is 2.14 bits per heavy atom. The smallest absolute Gasteiger partial charge is 0.0478 e. The predicted molar refractivity (Wildman–Crippen MR) is 39.0 cm³/mol. The quantitative estimate of drug-likeness (QED) is 0.590. The van der Waals surface area contributed by atoms with Gasteiger partial charge in [0.25, 0.3) is 0 Å². The third-order valence-electron chi connectivity index (χ3n) is 0.430. The fraction of sp³-hybridized carbons (Fsp3) is 1.00. The fourth-order valence-electron chi connectivity index (χ4n) is 0.263. The van der Waals surface area contributed by atoms with Crippen LogP contribution in [0.4, 0.5) is 0 Å². The zero-order valence-electron chi connectivity index (χ0n) is 4.68. The standard InChI is InChI=1S/C4H11NS.ClH/c1-3-6-4(2)5;/h4H,3,5H2,1-2H3;1H. The highest BCUT2D eigenvalue weighted by molar-refractivity contribution is 7.99. The second-order valence-corrected chi connectivity index (χ2v) is 2.81. The summed E-state index contributed by atoms with van der Waals surface area (Å²) < 4.78 is 0. The molecule has 1 unspecified atom stereocenters. The maximum absolute atomic E-state index is 5.37. The van der Waals surface area contributed by atoms with Gasteiger partial charge in [0.15, 0.2) is 0 Å². The summed E-state index contributed by atoms with van der Waals surface area (Å²) >= 11 is 1.76. The molecule has 2 N–H and O–H groups in total. The van der Waals surface area contributed by atoms with E-state index in [0.29, 0.717) is 5.37 Å². The van der Waals surface area contributed by atoms with Crippen molar-refractivity contribution in [3.05, 3.63) is 0 Å². The lowest BCUT2D eigenvalue weighted by Crippen LogP contribution is -2.08. The lowest BCUT2D eigenvalue weighted by molar-refractivity contribution is 1.05. The van der Waals surface area contributed by atoms with E-state index in [1.54, 1.807) is 11.8 Å². The summed E-state index contributed by atoms with van der Waals surface area (Å²) in [7, 11) is 0. The fourth-order valence-corrected chi connectivity index (χ4v) is 0.789. The average molecular weight is 142 g/mol. The lowest BCUT2D eigenvalue weighted by Gasteiger charge is -1.97. The van der Waals surface area contributed by atoms with Crippen LogP contribution in [0.1, 0.15) is 13.8 Å². The molecular formula is C4H12ClNS. The van der Waals surface area contributed by atoms with Gasteiger partial charge in [-0.25, -0.2) is 0 Å². The summed E-state index contributed by atoms with van der Waals surface area (Å²) in [5.74, 6) is 1.12. The Hall–Kier alpha value is 0.600. The van der Waals surface area contributed by atoms with Crippen molar-refractivity contribution in [2.45, 2.75) is 19.2 Å². The second-order valence-electron chi connectivity index (χ2n) is 1.16. The number of thioether (sulfide) groups is 1. The van der Waals surface area contributed by atoms with E-state index in [-0.39, 0.29) is 12.4 Å². The minimum Gasteiger partial charge on any atom is -0.320 e. The Bertz CT molecular complexity index is 32.9. The largest absolute Gasteiger partial charge is 0.320 e. The molecule has 0 aliphatic rings. The van der Waals surface area contributed by atoms with Crippen LogP contribution in [-0.4, -0.2) is 11.1 Å². The van der Waals surface area contributed by atoms with Crippen LogP contribution in [0.15, 0.2) is 0 Å². The van der Waals surface area contributed by atoms with Crippen LogP contribution in [0.3, 0.4) is 0 Å². The molecule has 0 rings (SSSR count). The van der Waals surface area contributed by atoms with E-state index >= 15 is 0 Å². The molecule has 0 spiro atoms. The molecule has 0 aliphatic carbocycles. The summed E-state index contributed by atoms with van der Waals surface area (Å²) in [6, 6.07) is 0. The van der Waals surface area contributed by atoms with Crippen molar-refractivity contribution in [2.75, 3.05) is 5.75 Å². The summed E-state index contributed by atoms with van der Waals surface area (Å²) in [5, 5.41) is 0.315. The van der Waals surface area contributed by atoms with Crippen molar-refractivity contribution >= 4 is 24.2 Å². The highest BCUT2D eigenvalue weighted by Crippen LogP contribution is 2.00. The topological polar surface area (TPSA) is 26.0 Å². The van der Waals surface area contributed by atoms with Gasteiger partial charge in [-0.05, 0) is 12.7 Å². The van der Waals surface area contributed by atoms with Gasteiger partial charge in [0.2, 0.25) is 0 Å². The normalized spacial score (nSPS) is 12.4. The number of hydrogen-bond acceptors (Lipinski definition) is 2. The van der Waals surface area contributed by atoms with Crippen molar-refractivity contribution in [1.29, 1.82) is 0 Å². The zero-order chi connectivity index (χ0) is 4.99. The molecule has 46 valence electrons. The number of hydrogen-bond donors (Lipinski definition) is 1. The minimum atomic E-state index is 0. The van der Waals surface area contributed by atoms with E-state index in [1.165, 1.54) is 0 Å². The SMILES string of the molecule is CCSC(C)N.Cl. The van der Waals surface area contributed by atoms with E-state index < -0.39 is 0 Å². The van der Waals surface area contributed by atoms with Gasteiger partial charge in [-0.3, -0.25) is 0 Å². The van der Waals surface area contributed by atoms with Gasteiger partial charge in [0.05, 0.1) is 0 Å². The summed E-state index contributed by atoms with van der Waals surface area (Å²) in [5.41, 5.74) is 5.37. The molecule has 0 heterocycles. The van der Waals surface area contributed by atoms with Crippen molar-refractivity contribution in [3.63, 3.8) is 0 Å². The van der Waals surface area contributed by atoms with Crippen LogP contribution in [0, 0.1) is 0 Å². The molecule has 0 aromatic carbocycles.